The summed E-state index contributed by atoms with van der Waals surface area (Å²) in [4.78, 5) is 32.6. The molecule has 0 radical (unpaired) electrons. The third-order valence-electron chi connectivity index (χ3n) is 7.66. The van der Waals surface area contributed by atoms with E-state index in [1.54, 1.807) is 41.3 Å². The average Bonchev–Trinajstić information content (AvgIpc) is 3.69. The van der Waals surface area contributed by atoms with Crippen molar-refractivity contribution in [1.29, 1.82) is 0 Å². The quantitative estimate of drug-likeness (QED) is 0.195. The Labute approximate surface area is 257 Å². The smallest absolute Gasteiger partial charge is 0.290 e. The van der Waals surface area contributed by atoms with Gasteiger partial charge in [0, 0.05) is 17.5 Å². The van der Waals surface area contributed by atoms with E-state index in [2.05, 4.69) is 48.4 Å². The summed E-state index contributed by atoms with van der Waals surface area (Å²) in [5.74, 6) is 0.215. The SMILES string of the molecule is CS(=O)(=O)c1ccc2nc(NC(=O)N(Cc3ccc(C(=O)Nc4nn[nH]n4)cc3)c3ccc(C4CCCCC4)cc3)sc2c1. The van der Waals surface area contributed by atoms with E-state index in [-0.39, 0.29) is 23.3 Å². The molecule has 6 rings (SSSR count). The van der Waals surface area contributed by atoms with Gasteiger partial charge in [0.05, 0.1) is 21.7 Å². The lowest BCUT2D eigenvalue weighted by molar-refractivity contribution is 0.102. The zero-order valence-electron chi connectivity index (χ0n) is 23.9. The number of H-pyrrole nitrogens is 1. The number of sulfone groups is 1. The van der Waals surface area contributed by atoms with Gasteiger partial charge in [-0.25, -0.2) is 18.2 Å². The van der Waals surface area contributed by atoms with Crippen molar-refractivity contribution in [2.24, 2.45) is 0 Å². The number of hydrogen-bond acceptors (Lipinski definition) is 9. The number of urea groups is 1. The van der Waals surface area contributed by atoms with Crippen molar-refractivity contribution in [2.45, 2.75) is 49.5 Å². The molecule has 0 unspecified atom stereocenters. The largest absolute Gasteiger partial charge is 0.328 e. The molecule has 3 amide bonds. The molecular weight excluding hydrogens is 601 g/mol. The number of thiazole rings is 1. The van der Waals surface area contributed by atoms with Crippen molar-refractivity contribution in [2.75, 3.05) is 21.8 Å². The summed E-state index contributed by atoms with van der Waals surface area (Å²) in [5.41, 5.74) is 3.78. The van der Waals surface area contributed by atoms with Crippen molar-refractivity contribution in [3.05, 3.63) is 83.4 Å². The van der Waals surface area contributed by atoms with Gasteiger partial charge in [0.2, 0.25) is 0 Å². The molecule has 12 nitrogen and oxygen atoms in total. The number of carbonyl (C=O) groups is 2. The fourth-order valence-electron chi connectivity index (χ4n) is 5.32. The minimum atomic E-state index is -3.38. The molecule has 0 spiro atoms. The van der Waals surface area contributed by atoms with Crippen LogP contribution in [-0.2, 0) is 16.4 Å². The van der Waals surface area contributed by atoms with E-state index in [1.807, 2.05) is 12.1 Å². The minimum absolute atomic E-state index is 0.0704. The van der Waals surface area contributed by atoms with Crippen LogP contribution in [-0.4, -0.2) is 52.2 Å². The minimum Gasteiger partial charge on any atom is -0.290 e. The molecule has 2 heterocycles. The molecule has 5 aromatic rings. The van der Waals surface area contributed by atoms with Crippen LogP contribution < -0.4 is 15.5 Å². The lowest BCUT2D eigenvalue weighted by Gasteiger charge is -2.25. The van der Waals surface area contributed by atoms with E-state index in [4.69, 9.17) is 0 Å². The van der Waals surface area contributed by atoms with Crippen molar-refractivity contribution in [1.82, 2.24) is 25.6 Å². The van der Waals surface area contributed by atoms with E-state index < -0.39 is 15.9 Å². The van der Waals surface area contributed by atoms with Crippen LogP contribution in [0.2, 0.25) is 0 Å². The summed E-state index contributed by atoms with van der Waals surface area (Å²) in [6.07, 6.45) is 7.25. The molecule has 226 valence electrons. The zero-order valence-corrected chi connectivity index (χ0v) is 25.5. The van der Waals surface area contributed by atoms with Crippen LogP contribution >= 0.6 is 11.3 Å². The molecule has 3 N–H and O–H groups in total. The van der Waals surface area contributed by atoms with Crippen molar-refractivity contribution >= 4 is 60.1 Å². The van der Waals surface area contributed by atoms with E-state index in [0.29, 0.717) is 32.5 Å². The highest BCUT2D eigenvalue weighted by Gasteiger charge is 2.21. The Hall–Kier alpha value is -4.69. The van der Waals surface area contributed by atoms with Crippen LogP contribution in [0.15, 0.2) is 71.6 Å². The van der Waals surface area contributed by atoms with Crippen LogP contribution in [0.1, 0.15) is 59.5 Å². The number of anilines is 3. The fraction of sp³-hybridized carbons (Fsp3) is 0.267. The zero-order chi connectivity index (χ0) is 30.7. The fourth-order valence-corrected chi connectivity index (χ4v) is 6.94. The number of rotatable bonds is 8. The maximum absolute atomic E-state index is 13.8. The topological polar surface area (TPSA) is 163 Å². The summed E-state index contributed by atoms with van der Waals surface area (Å²) in [5, 5.41) is 19.0. The van der Waals surface area contributed by atoms with Gasteiger partial charge in [0.1, 0.15) is 0 Å². The van der Waals surface area contributed by atoms with Crippen molar-refractivity contribution < 1.29 is 18.0 Å². The van der Waals surface area contributed by atoms with Gasteiger partial charge < -0.3 is 0 Å². The Morgan fingerprint density at radius 1 is 0.977 bits per heavy atom. The summed E-state index contributed by atoms with van der Waals surface area (Å²) in [7, 11) is -3.38. The first kappa shape index (κ1) is 29.4. The molecule has 14 heteroatoms. The number of tetrazole rings is 1. The van der Waals surface area contributed by atoms with Gasteiger partial charge in [-0.2, -0.15) is 5.21 Å². The first-order valence-electron chi connectivity index (χ1n) is 14.2. The van der Waals surface area contributed by atoms with E-state index in [1.165, 1.54) is 55.1 Å². The second kappa shape index (κ2) is 12.5. The van der Waals surface area contributed by atoms with Gasteiger partial charge >= 0.3 is 6.03 Å². The molecule has 0 atom stereocenters. The van der Waals surface area contributed by atoms with E-state index in [9.17, 15) is 18.0 Å². The van der Waals surface area contributed by atoms with Crippen LogP contribution in [0.5, 0.6) is 0 Å². The third-order valence-corrected chi connectivity index (χ3v) is 9.70. The van der Waals surface area contributed by atoms with Crippen molar-refractivity contribution in [3.63, 3.8) is 0 Å². The molecule has 0 aliphatic heterocycles. The number of aromatic nitrogens is 5. The Bertz CT molecular complexity index is 1880. The monoisotopic (exact) mass is 630 g/mol. The van der Waals surface area contributed by atoms with Gasteiger partial charge in [-0.1, -0.05) is 60.0 Å². The standard InChI is InChI=1S/C30H30N8O4S2/c1-44(41,42)24-15-16-25-26(17-24)43-29(31-25)33-30(40)38(23-13-11-21(12-14-23)20-5-3-2-4-6-20)18-19-7-9-22(10-8-19)27(39)32-28-34-36-37-35-28/h7-17,20H,2-6,18H2,1H3,(H,31,33,40)(H2,32,34,35,36,37,39). The summed E-state index contributed by atoms with van der Waals surface area (Å²) in [6, 6.07) is 19.3. The number of nitrogens with one attached hydrogen (secondary N) is 3. The predicted molar refractivity (Wildman–Crippen MR) is 169 cm³/mol. The van der Waals surface area contributed by atoms with E-state index in [0.717, 1.165) is 11.8 Å². The van der Waals surface area contributed by atoms with Gasteiger partial charge in [0.15, 0.2) is 15.0 Å². The molecule has 0 bridgehead atoms. The normalized spacial score (nSPS) is 13.9. The van der Waals surface area contributed by atoms with Gasteiger partial charge in [-0.05, 0) is 77.6 Å². The summed E-state index contributed by atoms with van der Waals surface area (Å²) >= 11 is 1.21. The van der Waals surface area contributed by atoms with Crippen LogP contribution in [0.4, 0.5) is 21.6 Å². The van der Waals surface area contributed by atoms with Crippen LogP contribution in [0, 0.1) is 0 Å². The predicted octanol–water partition coefficient (Wildman–Crippen LogP) is 5.75. The first-order valence-corrected chi connectivity index (χ1v) is 16.9. The van der Waals surface area contributed by atoms with Gasteiger partial charge in [-0.3, -0.25) is 20.3 Å². The van der Waals surface area contributed by atoms with E-state index >= 15 is 0 Å². The summed E-state index contributed by atoms with van der Waals surface area (Å²) in [6.45, 7) is 0.227. The number of nitrogens with zero attached hydrogens (tertiary/aromatic N) is 5. The number of fused-ring (bicyclic) bond motifs is 1. The lowest BCUT2D eigenvalue weighted by Crippen LogP contribution is -2.34. The number of carbonyl (C=O) groups excluding carboxylic acids is 2. The molecular formula is C30H30N8O4S2. The van der Waals surface area contributed by atoms with Crippen LogP contribution in [0.3, 0.4) is 0 Å². The van der Waals surface area contributed by atoms with Crippen molar-refractivity contribution in [3.8, 4) is 0 Å². The maximum atomic E-state index is 13.8. The Morgan fingerprint density at radius 2 is 1.73 bits per heavy atom. The molecule has 1 aliphatic rings. The first-order chi connectivity index (χ1) is 21.2. The maximum Gasteiger partial charge on any atom is 0.328 e. The van der Waals surface area contributed by atoms with Gasteiger partial charge in [0.25, 0.3) is 11.9 Å². The van der Waals surface area contributed by atoms with Gasteiger partial charge in [-0.15, -0.1) is 5.10 Å². The average molecular weight is 631 g/mol. The molecule has 0 saturated heterocycles. The molecule has 2 aromatic heterocycles. The molecule has 1 saturated carbocycles. The lowest BCUT2D eigenvalue weighted by atomic mass is 9.84. The Kier molecular flexibility index (Phi) is 8.35. The Balaban J connectivity index is 1.24. The molecule has 1 fully saturated rings. The number of aromatic amines is 1. The van der Waals surface area contributed by atoms with Crippen LogP contribution in [0.25, 0.3) is 10.2 Å². The highest BCUT2D eigenvalue weighted by atomic mass is 32.2. The summed E-state index contributed by atoms with van der Waals surface area (Å²) < 4.78 is 24.7. The molecule has 3 aromatic carbocycles. The highest BCUT2D eigenvalue weighted by Crippen LogP contribution is 2.34. The Morgan fingerprint density at radius 3 is 2.41 bits per heavy atom. The number of benzene rings is 3. The highest BCUT2D eigenvalue weighted by molar-refractivity contribution is 7.90. The second-order valence-corrected chi connectivity index (χ2v) is 13.8. The molecule has 1 aliphatic carbocycles. The second-order valence-electron chi connectivity index (χ2n) is 10.7. The third kappa shape index (κ3) is 6.76. The molecule has 44 heavy (non-hydrogen) atoms. The number of hydrogen-bond donors (Lipinski definition) is 3. The number of amides is 3.